The lowest BCUT2D eigenvalue weighted by molar-refractivity contribution is 0.123. The van der Waals surface area contributed by atoms with Crippen LogP contribution < -0.4 is 10.6 Å². The summed E-state index contributed by atoms with van der Waals surface area (Å²) in [6.07, 6.45) is 0. The zero-order chi connectivity index (χ0) is 10.7. The molecule has 0 amide bonds. The average molecular weight is 203 g/mol. The van der Waals surface area contributed by atoms with Crippen molar-refractivity contribution < 1.29 is 4.74 Å². The summed E-state index contributed by atoms with van der Waals surface area (Å²) < 4.78 is 5.27. The molecule has 1 aliphatic heterocycles. The van der Waals surface area contributed by atoms with E-state index in [0.717, 1.165) is 32.0 Å². The van der Waals surface area contributed by atoms with Gasteiger partial charge in [0.15, 0.2) is 0 Å². The van der Waals surface area contributed by atoms with Crippen LogP contribution in [0.4, 0.5) is 11.4 Å². The standard InChI is InChI=1S/C11H13N3O/c12-8-9-1-2-11(10(13)7-9)14-3-5-15-6-4-14/h1-2,7H,3-6,13H2. The molecule has 1 heterocycles. The molecule has 4 nitrogen and oxygen atoms in total. The van der Waals surface area contributed by atoms with Crippen molar-refractivity contribution in [2.24, 2.45) is 0 Å². The Bertz CT molecular complexity index is 391. The molecule has 0 aliphatic carbocycles. The molecule has 0 bridgehead atoms. The van der Waals surface area contributed by atoms with Crippen LogP contribution in [-0.4, -0.2) is 26.3 Å². The molecular weight excluding hydrogens is 190 g/mol. The third kappa shape index (κ3) is 2.03. The van der Waals surface area contributed by atoms with E-state index in [1.54, 1.807) is 12.1 Å². The third-order valence-electron chi connectivity index (χ3n) is 2.51. The molecule has 1 aromatic rings. The summed E-state index contributed by atoms with van der Waals surface area (Å²) in [6, 6.07) is 7.48. The molecule has 0 saturated carbocycles. The van der Waals surface area contributed by atoms with E-state index < -0.39 is 0 Å². The lowest BCUT2D eigenvalue weighted by Crippen LogP contribution is -2.36. The topological polar surface area (TPSA) is 62.3 Å². The fourth-order valence-electron chi connectivity index (χ4n) is 1.72. The number of nitrogens with zero attached hydrogens (tertiary/aromatic N) is 2. The van der Waals surface area contributed by atoms with Gasteiger partial charge in [-0.2, -0.15) is 5.26 Å². The molecule has 0 unspecified atom stereocenters. The van der Waals surface area contributed by atoms with Crippen LogP contribution in [0.25, 0.3) is 0 Å². The predicted molar refractivity (Wildman–Crippen MR) is 58.6 cm³/mol. The molecule has 1 saturated heterocycles. The molecule has 78 valence electrons. The number of morpholine rings is 1. The van der Waals surface area contributed by atoms with E-state index in [2.05, 4.69) is 11.0 Å². The van der Waals surface area contributed by atoms with Gasteiger partial charge in [-0.25, -0.2) is 0 Å². The Balaban J connectivity index is 2.24. The van der Waals surface area contributed by atoms with Crippen LogP contribution in [0.15, 0.2) is 18.2 Å². The molecule has 0 spiro atoms. The highest BCUT2D eigenvalue weighted by Crippen LogP contribution is 2.24. The summed E-state index contributed by atoms with van der Waals surface area (Å²) in [6.45, 7) is 3.19. The molecule has 15 heavy (non-hydrogen) atoms. The van der Waals surface area contributed by atoms with Crippen molar-refractivity contribution in [2.45, 2.75) is 0 Å². The second-order valence-corrected chi connectivity index (χ2v) is 3.48. The maximum absolute atomic E-state index is 8.72. The highest BCUT2D eigenvalue weighted by molar-refractivity contribution is 5.69. The SMILES string of the molecule is N#Cc1ccc(N2CCOCC2)c(N)c1. The molecule has 2 N–H and O–H groups in total. The first-order valence-electron chi connectivity index (χ1n) is 4.93. The van der Waals surface area contributed by atoms with Crippen molar-refractivity contribution in [3.8, 4) is 6.07 Å². The van der Waals surface area contributed by atoms with Crippen molar-refractivity contribution >= 4 is 11.4 Å². The molecule has 1 fully saturated rings. The van der Waals surface area contributed by atoms with Crippen molar-refractivity contribution in [1.82, 2.24) is 0 Å². The summed E-state index contributed by atoms with van der Waals surface area (Å²) in [5.74, 6) is 0. The molecular formula is C11H13N3O. The van der Waals surface area contributed by atoms with Crippen molar-refractivity contribution in [2.75, 3.05) is 36.9 Å². The first-order chi connectivity index (χ1) is 7.31. The van der Waals surface area contributed by atoms with Crippen LogP contribution in [-0.2, 0) is 4.74 Å². The average Bonchev–Trinajstić information content (AvgIpc) is 2.30. The van der Waals surface area contributed by atoms with E-state index >= 15 is 0 Å². The summed E-state index contributed by atoms with van der Waals surface area (Å²) in [4.78, 5) is 2.18. The number of hydrogen-bond donors (Lipinski definition) is 1. The quantitative estimate of drug-likeness (QED) is 0.691. The number of nitrogen functional groups attached to an aromatic ring is 1. The number of anilines is 2. The van der Waals surface area contributed by atoms with Gasteiger partial charge in [0.2, 0.25) is 0 Å². The largest absolute Gasteiger partial charge is 0.397 e. The first-order valence-corrected chi connectivity index (χ1v) is 4.93. The van der Waals surface area contributed by atoms with Crippen LogP contribution in [0.5, 0.6) is 0 Å². The molecule has 0 atom stereocenters. The normalized spacial score (nSPS) is 16.1. The van der Waals surface area contributed by atoms with E-state index in [4.69, 9.17) is 15.7 Å². The molecule has 4 heteroatoms. The Kier molecular flexibility index (Phi) is 2.75. The minimum atomic E-state index is 0.601. The molecule has 0 radical (unpaired) electrons. The Labute approximate surface area is 88.9 Å². The van der Waals surface area contributed by atoms with Crippen LogP contribution in [0.1, 0.15) is 5.56 Å². The number of benzene rings is 1. The fraction of sp³-hybridized carbons (Fsp3) is 0.364. The van der Waals surface area contributed by atoms with Crippen molar-refractivity contribution in [1.29, 1.82) is 5.26 Å². The Morgan fingerprint density at radius 3 is 2.67 bits per heavy atom. The Morgan fingerprint density at radius 2 is 2.07 bits per heavy atom. The van der Waals surface area contributed by atoms with E-state index in [1.807, 2.05) is 6.07 Å². The summed E-state index contributed by atoms with van der Waals surface area (Å²) in [5.41, 5.74) is 8.16. The molecule has 2 rings (SSSR count). The van der Waals surface area contributed by atoms with E-state index in [1.165, 1.54) is 0 Å². The van der Waals surface area contributed by atoms with E-state index in [0.29, 0.717) is 11.3 Å². The van der Waals surface area contributed by atoms with Crippen molar-refractivity contribution in [3.05, 3.63) is 23.8 Å². The minimum Gasteiger partial charge on any atom is -0.397 e. The number of rotatable bonds is 1. The third-order valence-corrected chi connectivity index (χ3v) is 2.51. The van der Waals surface area contributed by atoms with Gasteiger partial charge in [-0.3, -0.25) is 0 Å². The van der Waals surface area contributed by atoms with Crippen LogP contribution in [0.3, 0.4) is 0 Å². The van der Waals surface area contributed by atoms with Gasteiger partial charge in [0.05, 0.1) is 36.2 Å². The second-order valence-electron chi connectivity index (χ2n) is 3.48. The summed E-state index contributed by atoms with van der Waals surface area (Å²) in [5, 5.41) is 8.72. The predicted octanol–water partition coefficient (Wildman–Crippen LogP) is 0.977. The maximum atomic E-state index is 8.72. The highest BCUT2D eigenvalue weighted by atomic mass is 16.5. The molecule has 1 aromatic carbocycles. The summed E-state index contributed by atoms with van der Waals surface area (Å²) >= 11 is 0. The van der Waals surface area contributed by atoms with Gasteiger partial charge in [0.25, 0.3) is 0 Å². The number of nitrogens with two attached hydrogens (primary N) is 1. The van der Waals surface area contributed by atoms with Gasteiger partial charge < -0.3 is 15.4 Å². The van der Waals surface area contributed by atoms with Gasteiger partial charge >= 0.3 is 0 Å². The molecule has 1 aliphatic rings. The molecule has 0 aromatic heterocycles. The highest BCUT2D eigenvalue weighted by Gasteiger charge is 2.13. The monoisotopic (exact) mass is 203 g/mol. The fourth-order valence-corrected chi connectivity index (χ4v) is 1.72. The second kappa shape index (κ2) is 4.20. The van der Waals surface area contributed by atoms with Gasteiger partial charge in [-0.05, 0) is 18.2 Å². The minimum absolute atomic E-state index is 0.601. The van der Waals surface area contributed by atoms with E-state index in [9.17, 15) is 0 Å². The Morgan fingerprint density at radius 1 is 1.33 bits per heavy atom. The zero-order valence-electron chi connectivity index (χ0n) is 8.44. The smallest absolute Gasteiger partial charge is 0.0992 e. The van der Waals surface area contributed by atoms with Gasteiger partial charge in [0, 0.05) is 13.1 Å². The van der Waals surface area contributed by atoms with E-state index in [-0.39, 0.29) is 0 Å². The lowest BCUT2D eigenvalue weighted by atomic mass is 10.1. The summed E-state index contributed by atoms with van der Waals surface area (Å²) in [7, 11) is 0. The van der Waals surface area contributed by atoms with Crippen molar-refractivity contribution in [3.63, 3.8) is 0 Å². The number of nitriles is 1. The first kappa shape index (κ1) is 9.81. The number of ether oxygens (including phenoxy) is 1. The van der Waals surface area contributed by atoms with Gasteiger partial charge in [0.1, 0.15) is 0 Å². The van der Waals surface area contributed by atoms with Gasteiger partial charge in [-0.1, -0.05) is 0 Å². The maximum Gasteiger partial charge on any atom is 0.0992 e. The van der Waals surface area contributed by atoms with Crippen LogP contribution in [0.2, 0.25) is 0 Å². The Hall–Kier alpha value is -1.73. The van der Waals surface area contributed by atoms with Gasteiger partial charge in [-0.15, -0.1) is 0 Å². The zero-order valence-corrected chi connectivity index (χ0v) is 8.44. The van der Waals surface area contributed by atoms with Crippen LogP contribution in [0, 0.1) is 11.3 Å². The lowest BCUT2D eigenvalue weighted by Gasteiger charge is -2.29. The number of hydrogen-bond acceptors (Lipinski definition) is 4. The van der Waals surface area contributed by atoms with Crippen LogP contribution >= 0.6 is 0 Å².